The van der Waals surface area contributed by atoms with Crippen LogP contribution >= 0.6 is 0 Å². The van der Waals surface area contributed by atoms with Gasteiger partial charge in [-0.3, -0.25) is 4.79 Å². The Morgan fingerprint density at radius 1 is 1.41 bits per heavy atom. The topological polar surface area (TPSA) is 29.5 Å². The second-order valence-electron chi connectivity index (χ2n) is 4.94. The molecule has 90 valence electrons. The van der Waals surface area contributed by atoms with Gasteiger partial charge in [0, 0.05) is 13.5 Å². The Morgan fingerprint density at radius 3 is 2.94 bits per heavy atom. The Hall–Kier alpha value is -1.51. The minimum atomic E-state index is 0.192. The molecule has 0 aromatic heterocycles. The number of fused-ring (bicyclic) bond motifs is 5. The third-order valence-electron chi connectivity index (χ3n) is 4.10. The van der Waals surface area contributed by atoms with E-state index in [1.165, 1.54) is 11.1 Å². The van der Waals surface area contributed by atoms with Crippen LogP contribution in [0.5, 0.6) is 5.75 Å². The minimum Gasteiger partial charge on any atom is -0.497 e. The number of amides is 1. The van der Waals surface area contributed by atoms with Crippen LogP contribution in [-0.4, -0.2) is 24.5 Å². The van der Waals surface area contributed by atoms with Crippen molar-refractivity contribution in [3.8, 4) is 5.75 Å². The van der Waals surface area contributed by atoms with Crippen LogP contribution in [0.3, 0.4) is 0 Å². The molecule has 0 unspecified atom stereocenters. The van der Waals surface area contributed by atoms with Crippen molar-refractivity contribution in [3.63, 3.8) is 0 Å². The van der Waals surface area contributed by atoms with Gasteiger partial charge in [-0.25, -0.2) is 0 Å². The van der Waals surface area contributed by atoms with Crippen LogP contribution in [0.2, 0.25) is 0 Å². The predicted molar refractivity (Wildman–Crippen MR) is 65.1 cm³/mol. The first-order valence-electron chi connectivity index (χ1n) is 6.15. The van der Waals surface area contributed by atoms with Gasteiger partial charge in [0.25, 0.3) is 0 Å². The molecule has 0 spiro atoms. The van der Waals surface area contributed by atoms with Gasteiger partial charge in [0.05, 0.1) is 13.2 Å². The van der Waals surface area contributed by atoms with Crippen LogP contribution in [-0.2, 0) is 4.79 Å². The van der Waals surface area contributed by atoms with Crippen molar-refractivity contribution in [1.82, 2.24) is 4.90 Å². The van der Waals surface area contributed by atoms with E-state index in [4.69, 9.17) is 4.74 Å². The summed E-state index contributed by atoms with van der Waals surface area (Å²) in [5.41, 5.74) is 2.71. The molecule has 17 heavy (non-hydrogen) atoms. The standard InChI is InChI=1S/C14H17NO2/c1-9(16)15-6-5-10-7-14(15)12-4-3-11(17-2)8-13(10)12/h3-4,8,10,14H,5-7H2,1-2H3/t10-,14+/m1/s1. The molecular weight excluding hydrogens is 214 g/mol. The zero-order valence-electron chi connectivity index (χ0n) is 10.3. The number of hydrogen-bond donors (Lipinski definition) is 0. The number of benzene rings is 1. The molecular formula is C14H17NO2. The minimum absolute atomic E-state index is 0.192. The van der Waals surface area contributed by atoms with Crippen molar-refractivity contribution in [2.45, 2.75) is 31.7 Å². The third kappa shape index (κ3) is 1.53. The molecule has 1 heterocycles. The van der Waals surface area contributed by atoms with Crippen molar-refractivity contribution in [3.05, 3.63) is 29.3 Å². The fraction of sp³-hybridized carbons (Fsp3) is 0.500. The number of likely N-dealkylation sites (tertiary alicyclic amines) is 1. The number of piperidine rings is 1. The van der Waals surface area contributed by atoms with E-state index >= 15 is 0 Å². The average molecular weight is 231 g/mol. The van der Waals surface area contributed by atoms with E-state index in [9.17, 15) is 4.79 Å². The van der Waals surface area contributed by atoms with Crippen LogP contribution in [0.1, 0.15) is 42.9 Å². The summed E-state index contributed by atoms with van der Waals surface area (Å²) in [7, 11) is 1.70. The Bertz CT molecular complexity index is 469. The van der Waals surface area contributed by atoms with Gasteiger partial charge in [-0.1, -0.05) is 6.07 Å². The second-order valence-corrected chi connectivity index (χ2v) is 4.94. The van der Waals surface area contributed by atoms with Crippen LogP contribution in [0.15, 0.2) is 18.2 Å². The smallest absolute Gasteiger partial charge is 0.219 e. The zero-order chi connectivity index (χ0) is 12.0. The van der Waals surface area contributed by atoms with Crippen LogP contribution < -0.4 is 4.74 Å². The van der Waals surface area contributed by atoms with E-state index in [0.29, 0.717) is 12.0 Å². The summed E-state index contributed by atoms with van der Waals surface area (Å²) >= 11 is 0. The Balaban J connectivity index is 2.03. The number of rotatable bonds is 1. The molecule has 1 aromatic carbocycles. The van der Waals surface area contributed by atoms with E-state index in [-0.39, 0.29) is 5.91 Å². The number of carbonyl (C=O) groups is 1. The molecule has 1 fully saturated rings. The molecule has 1 aromatic rings. The lowest BCUT2D eigenvalue weighted by Crippen LogP contribution is -2.35. The lowest BCUT2D eigenvalue weighted by atomic mass is 9.95. The molecule has 0 N–H and O–H groups in total. The summed E-state index contributed by atoms with van der Waals surface area (Å²) in [5, 5.41) is 0. The number of hydrogen-bond acceptors (Lipinski definition) is 2. The van der Waals surface area contributed by atoms with Crippen LogP contribution in [0, 0.1) is 0 Å². The van der Waals surface area contributed by atoms with E-state index < -0.39 is 0 Å². The Labute approximate surface area is 101 Å². The first kappa shape index (κ1) is 10.6. The number of ether oxygens (including phenoxy) is 1. The molecule has 0 saturated carbocycles. The van der Waals surface area contributed by atoms with Crippen molar-refractivity contribution in [2.24, 2.45) is 0 Å². The highest BCUT2D eigenvalue weighted by Crippen LogP contribution is 2.49. The van der Waals surface area contributed by atoms with Gasteiger partial charge in [0.1, 0.15) is 5.75 Å². The van der Waals surface area contributed by atoms with E-state index in [2.05, 4.69) is 12.1 Å². The molecule has 0 radical (unpaired) electrons. The second kappa shape index (κ2) is 3.76. The highest BCUT2D eigenvalue weighted by Gasteiger charge is 2.39. The SMILES string of the molecule is COc1ccc2c(c1)[C@@H]1CCN(C(C)=O)[C@H]2C1. The van der Waals surface area contributed by atoms with Crippen LogP contribution in [0.25, 0.3) is 0 Å². The normalized spacial score (nSPS) is 25.6. The van der Waals surface area contributed by atoms with Crippen molar-refractivity contribution in [1.29, 1.82) is 0 Å². The van der Waals surface area contributed by atoms with E-state index in [1.807, 2.05) is 11.0 Å². The van der Waals surface area contributed by atoms with Crippen molar-refractivity contribution >= 4 is 5.91 Å². The Kier molecular flexibility index (Phi) is 2.35. The maximum Gasteiger partial charge on any atom is 0.219 e. The molecule has 1 aliphatic carbocycles. The van der Waals surface area contributed by atoms with Crippen molar-refractivity contribution < 1.29 is 9.53 Å². The first-order valence-corrected chi connectivity index (χ1v) is 6.15. The van der Waals surface area contributed by atoms with Crippen molar-refractivity contribution in [2.75, 3.05) is 13.7 Å². The first-order chi connectivity index (χ1) is 8.20. The molecule has 3 heteroatoms. The molecule has 2 bridgehead atoms. The lowest BCUT2D eigenvalue weighted by Gasteiger charge is -2.32. The molecule has 1 aliphatic heterocycles. The predicted octanol–water partition coefficient (Wildman–Crippen LogP) is 2.48. The molecule has 2 atom stereocenters. The highest BCUT2D eigenvalue weighted by molar-refractivity contribution is 5.74. The number of methoxy groups -OCH3 is 1. The maximum absolute atomic E-state index is 11.6. The number of nitrogens with zero attached hydrogens (tertiary/aromatic N) is 1. The largest absolute Gasteiger partial charge is 0.497 e. The van der Waals surface area contributed by atoms with Crippen LogP contribution in [0.4, 0.5) is 0 Å². The van der Waals surface area contributed by atoms with Gasteiger partial charge < -0.3 is 9.64 Å². The highest BCUT2D eigenvalue weighted by atomic mass is 16.5. The summed E-state index contributed by atoms with van der Waals surface area (Å²) in [6, 6.07) is 6.56. The summed E-state index contributed by atoms with van der Waals surface area (Å²) in [6.07, 6.45) is 2.17. The molecule has 2 aliphatic rings. The van der Waals surface area contributed by atoms with Gasteiger partial charge >= 0.3 is 0 Å². The third-order valence-corrected chi connectivity index (χ3v) is 4.10. The molecule has 3 rings (SSSR count). The monoisotopic (exact) mass is 231 g/mol. The lowest BCUT2D eigenvalue weighted by molar-refractivity contribution is -0.132. The zero-order valence-corrected chi connectivity index (χ0v) is 10.3. The average Bonchev–Trinajstić information content (AvgIpc) is 2.62. The van der Waals surface area contributed by atoms with E-state index in [0.717, 1.165) is 25.1 Å². The summed E-state index contributed by atoms with van der Waals surface area (Å²) in [6.45, 7) is 2.56. The van der Waals surface area contributed by atoms with Gasteiger partial charge in [-0.2, -0.15) is 0 Å². The quantitative estimate of drug-likeness (QED) is 0.743. The van der Waals surface area contributed by atoms with E-state index in [1.54, 1.807) is 14.0 Å². The maximum atomic E-state index is 11.6. The molecule has 1 saturated heterocycles. The number of carbonyl (C=O) groups excluding carboxylic acids is 1. The van der Waals surface area contributed by atoms with Gasteiger partial charge in [-0.05, 0) is 42.0 Å². The van der Waals surface area contributed by atoms with Gasteiger partial charge in [-0.15, -0.1) is 0 Å². The van der Waals surface area contributed by atoms with Gasteiger partial charge in [0.2, 0.25) is 5.91 Å². The summed E-state index contributed by atoms with van der Waals surface area (Å²) in [4.78, 5) is 13.6. The fourth-order valence-corrected chi connectivity index (χ4v) is 3.26. The molecule has 1 amide bonds. The van der Waals surface area contributed by atoms with Gasteiger partial charge in [0.15, 0.2) is 0 Å². The summed E-state index contributed by atoms with van der Waals surface area (Å²) < 4.78 is 5.28. The molecule has 3 nitrogen and oxygen atoms in total. The Morgan fingerprint density at radius 2 is 2.24 bits per heavy atom. The fourth-order valence-electron chi connectivity index (χ4n) is 3.26. The summed E-state index contributed by atoms with van der Waals surface area (Å²) in [5.74, 6) is 1.73.